The number of aryl methyl sites for hydroxylation is 1. The van der Waals surface area contributed by atoms with Crippen LogP contribution in [0.25, 0.3) is 5.82 Å². The second-order valence-corrected chi connectivity index (χ2v) is 11.5. The monoisotopic (exact) mass is 533 g/mol. The molecule has 3 aliphatic heterocycles. The summed E-state index contributed by atoms with van der Waals surface area (Å²) in [6, 6.07) is 3.91. The molecule has 2 atom stereocenters. The molecule has 2 saturated heterocycles. The summed E-state index contributed by atoms with van der Waals surface area (Å²) in [5.41, 5.74) is 2.46. The zero-order chi connectivity index (χ0) is 24.9. The van der Waals surface area contributed by atoms with Crippen molar-refractivity contribution in [2.24, 2.45) is 5.92 Å². The first kappa shape index (κ1) is 24.0. The smallest absolute Gasteiger partial charge is 0.278 e. The number of pyridine rings is 1. The lowest BCUT2D eigenvalue weighted by molar-refractivity contribution is -0.215. The highest BCUT2D eigenvalue weighted by Crippen LogP contribution is 2.56. The summed E-state index contributed by atoms with van der Waals surface area (Å²) in [6.07, 6.45) is 9.89. The van der Waals surface area contributed by atoms with Crippen LogP contribution in [0.3, 0.4) is 0 Å². The van der Waals surface area contributed by atoms with Gasteiger partial charge in [-0.1, -0.05) is 17.7 Å². The van der Waals surface area contributed by atoms with Crippen molar-refractivity contribution in [3.05, 3.63) is 64.4 Å². The largest absolute Gasteiger partial charge is 0.367 e. The molecule has 0 bridgehead atoms. The number of fused-ring (bicyclic) bond motifs is 2. The number of nitrogens with zero attached hydrogens (tertiary/aromatic N) is 7. The van der Waals surface area contributed by atoms with E-state index in [9.17, 15) is 8.78 Å². The van der Waals surface area contributed by atoms with Crippen LogP contribution in [0.2, 0.25) is 0 Å². The summed E-state index contributed by atoms with van der Waals surface area (Å²) in [5.74, 6) is -2.98. The first-order valence-corrected chi connectivity index (χ1v) is 13.2. The minimum Gasteiger partial charge on any atom is -0.367 e. The average Bonchev–Trinajstić information content (AvgIpc) is 3.60. The van der Waals surface area contributed by atoms with Crippen molar-refractivity contribution in [1.29, 1.82) is 0 Å². The summed E-state index contributed by atoms with van der Waals surface area (Å²) < 4.78 is 38.9. The number of halogens is 3. The van der Waals surface area contributed by atoms with Gasteiger partial charge in [0.25, 0.3) is 5.92 Å². The highest BCUT2D eigenvalue weighted by atomic mass is 35.5. The third kappa shape index (κ3) is 4.36. The maximum atomic E-state index is 14.5. The Bertz CT molecular complexity index is 1270. The number of likely N-dealkylation sites (tertiary alicyclic amines) is 1. The molecule has 36 heavy (non-hydrogen) atoms. The molecule has 1 spiro atoms. The minimum atomic E-state index is -2.87. The van der Waals surface area contributed by atoms with Gasteiger partial charge in [-0.25, -0.2) is 28.1 Å². The van der Waals surface area contributed by atoms with Crippen molar-refractivity contribution in [2.45, 2.75) is 49.6 Å². The van der Waals surface area contributed by atoms with E-state index in [-0.39, 0.29) is 5.25 Å². The van der Waals surface area contributed by atoms with E-state index < -0.39 is 24.0 Å². The topological polar surface area (TPSA) is 73.9 Å². The fraction of sp³-hybridized carbons (Fsp3) is 0.500. The molecule has 0 amide bonds. The van der Waals surface area contributed by atoms with Gasteiger partial charge in [-0.05, 0) is 31.9 Å². The van der Waals surface area contributed by atoms with Crippen LogP contribution in [0.1, 0.15) is 29.7 Å². The lowest BCUT2D eigenvalue weighted by atomic mass is 9.77. The number of allylic oxidation sites excluding steroid dienone is 1. The summed E-state index contributed by atoms with van der Waals surface area (Å²) >= 11 is 7.52. The van der Waals surface area contributed by atoms with Gasteiger partial charge < -0.3 is 4.74 Å². The Balaban J connectivity index is 1.15. The fourth-order valence-corrected chi connectivity index (χ4v) is 7.26. The van der Waals surface area contributed by atoms with Crippen LogP contribution in [0.5, 0.6) is 0 Å². The van der Waals surface area contributed by atoms with Gasteiger partial charge in [0.15, 0.2) is 5.82 Å². The Morgan fingerprint density at radius 1 is 1.22 bits per heavy atom. The third-order valence-electron chi connectivity index (χ3n) is 7.41. The number of piperidine rings is 1. The molecule has 190 valence electrons. The number of rotatable bonds is 5. The average molecular weight is 534 g/mol. The normalized spacial score (nSPS) is 25.2. The van der Waals surface area contributed by atoms with Gasteiger partial charge in [0.05, 0.1) is 33.4 Å². The Morgan fingerprint density at radius 3 is 2.83 bits per heavy atom. The molecule has 3 aliphatic rings. The van der Waals surface area contributed by atoms with Crippen molar-refractivity contribution in [1.82, 2.24) is 34.4 Å². The predicted molar refractivity (Wildman–Crippen MR) is 132 cm³/mol. The lowest BCUT2D eigenvalue weighted by Gasteiger charge is -2.51. The summed E-state index contributed by atoms with van der Waals surface area (Å²) in [6.45, 7) is 4.25. The third-order valence-corrected chi connectivity index (χ3v) is 9.15. The van der Waals surface area contributed by atoms with E-state index in [2.05, 4.69) is 20.0 Å². The van der Waals surface area contributed by atoms with Crippen LogP contribution in [0, 0.1) is 12.8 Å². The number of ether oxygens (including phenoxy) is 1. The first-order valence-electron chi connectivity index (χ1n) is 11.9. The summed E-state index contributed by atoms with van der Waals surface area (Å²) in [4.78, 5) is 10.9. The molecule has 0 saturated carbocycles. The standard InChI is InChI=1S/C24H26ClF2N7OS/c1-16-18(12-34(31-16)22-17(3-2-6-29-22)11-33-15-28-14-30-33)10-32-7-4-23(5-8-32)21-19(9-20(25)36-21)24(26,27)13-35-23/h2-3,6,9,12,14-15,19,21H,4-5,7-8,10-11,13H2,1H3. The molecule has 12 heteroatoms. The number of hydrogen-bond acceptors (Lipinski definition) is 7. The van der Waals surface area contributed by atoms with Gasteiger partial charge in [-0.15, -0.1) is 11.8 Å². The molecule has 3 aromatic rings. The van der Waals surface area contributed by atoms with Gasteiger partial charge in [0.2, 0.25) is 0 Å². The van der Waals surface area contributed by atoms with E-state index in [0.29, 0.717) is 23.8 Å². The Kier molecular flexibility index (Phi) is 6.14. The van der Waals surface area contributed by atoms with Crippen molar-refractivity contribution >= 4 is 23.4 Å². The molecular weight excluding hydrogens is 508 g/mol. The van der Waals surface area contributed by atoms with Gasteiger partial charge >= 0.3 is 0 Å². The van der Waals surface area contributed by atoms with Crippen LogP contribution in [0.15, 0.2) is 47.6 Å². The van der Waals surface area contributed by atoms with E-state index in [1.807, 2.05) is 29.9 Å². The molecule has 8 nitrogen and oxygen atoms in total. The fourth-order valence-electron chi connectivity index (χ4n) is 5.43. The molecule has 0 aromatic carbocycles. The van der Waals surface area contributed by atoms with E-state index in [1.54, 1.807) is 17.2 Å². The highest BCUT2D eigenvalue weighted by Gasteiger charge is 2.60. The molecule has 0 aliphatic carbocycles. The second-order valence-electron chi connectivity index (χ2n) is 9.69. The molecule has 0 radical (unpaired) electrons. The van der Waals surface area contributed by atoms with Gasteiger partial charge in [-0.2, -0.15) is 10.2 Å². The predicted octanol–water partition coefficient (Wildman–Crippen LogP) is 4.03. The molecule has 6 rings (SSSR count). The van der Waals surface area contributed by atoms with Crippen molar-refractivity contribution in [3.63, 3.8) is 0 Å². The maximum absolute atomic E-state index is 14.5. The van der Waals surface area contributed by atoms with Gasteiger partial charge in [0, 0.05) is 43.2 Å². The van der Waals surface area contributed by atoms with E-state index in [0.717, 1.165) is 42.3 Å². The molecule has 3 aromatic heterocycles. The molecule has 2 unspecified atom stereocenters. The van der Waals surface area contributed by atoms with Crippen molar-refractivity contribution < 1.29 is 13.5 Å². The quantitative estimate of drug-likeness (QED) is 0.490. The van der Waals surface area contributed by atoms with Gasteiger partial charge in [-0.3, -0.25) is 4.90 Å². The number of alkyl halides is 2. The Labute approximate surface area is 216 Å². The highest BCUT2D eigenvalue weighted by molar-refractivity contribution is 8.05. The molecule has 2 fully saturated rings. The van der Waals surface area contributed by atoms with Gasteiger partial charge in [0.1, 0.15) is 19.3 Å². The number of hydrogen-bond donors (Lipinski definition) is 0. The first-order chi connectivity index (χ1) is 17.3. The Morgan fingerprint density at radius 2 is 2.06 bits per heavy atom. The molecule has 6 heterocycles. The molecular formula is C24H26ClF2N7OS. The summed E-state index contributed by atoms with van der Waals surface area (Å²) in [5, 5.41) is 8.59. The number of thioether (sulfide) groups is 1. The van der Waals surface area contributed by atoms with Crippen LogP contribution in [-0.4, -0.2) is 70.9 Å². The zero-order valence-electron chi connectivity index (χ0n) is 19.7. The SMILES string of the molecule is Cc1nn(-c2ncccc2Cn2cncn2)cc1CN1CCC2(CC1)OCC(F)(F)C1C=C(Cl)SC12. The number of aromatic nitrogens is 6. The van der Waals surface area contributed by atoms with E-state index in [4.69, 9.17) is 21.4 Å². The van der Waals surface area contributed by atoms with Crippen molar-refractivity contribution in [2.75, 3.05) is 19.7 Å². The van der Waals surface area contributed by atoms with E-state index >= 15 is 0 Å². The molecule has 0 N–H and O–H groups in total. The lowest BCUT2D eigenvalue weighted by Crippen LogP contribution is -2.61. The zero-order valence-corrected chi connectivity index (χ0v) is 21.3. The van der Waals surface area contributed by atoms with Crippen LogP contribution in [-0.2, 0) is 17.8 Å². The minimum absolute atomic E-state index is 0.340. The van der Waals surface area contributed by atoms with E-state index in [1.165, 1.54) is 24.2 Å². The van der Waals surface area contributed by atoms with Crippen LogP contribution in [0.4, 0.5) is 8.78 Å². The second kappa shape index (κ2) is 9.20. The Hall–Kier alpha value is -2.34. The van der Waals surface area contributed by atoms with Crippen molar-refractivity contribution in [3.8, 4) is 5.82 Å². The summed E-state index contributed by atoms with van der Waals surface area (Å²) in [7, 11) is 0. The van der Waals surface area contributed by atoms with Crippen LogP contribution >= 0.6 is 23.4 Å². The maximum Gasteiger partial charge on any atom is 0.278 e. The van der Waals surface area contributed by atoms with Crippen LogP contribution < -0.4 is 0 Å².